The van der Waals surface area contributed by atoms with E-state index in [0.717, 1.165) is 31.2 Å². The van der Waals surface area contributed by atoms with Crippen LogP contribution in [0.1, 0.15) is 37.7 Å². The van der Waals surface area contributed by atoms with Gasteiger partial charge in [-0.05, 0) is 30.9 Å². The molecule has 0 atom stereocenters. The van der Waals surface area contributed by atoms with Gasteiger partial charge in [0.25, 0.3) is 0 Å². The number of carbonyl (C=O) groups is 1. The summed E-state index contributed by atoms with van der Waals surface area (Å²) in [5.41, 5.74) is 0.685. The van der Waals surface area contributed by atoms with Crippen molar-refractivity contribution in [1.82, 2.24) is 5.32 Å². The Hall–Kier alpha value is -1.55. The van der Waals surface area contributed by atoms with Gasteiger partial charge in [-0.1, -0.05) is 31.0 Å². The summed E-state index contributed by atoms with van der Waals surface area (Å²) in [6.45, 7) is 0.704. The third-order valence-electron chi connectivity index (χ3n) is 4.27. The first-order chi connectivity index (χ1) is 9.65. The molecule has 1 aromatic carbocycles. The van der Waals surface area contributed by atoms with Gasteiger partial charge in [0.1, 0.15) is 5.75 Å². The summed E-state index contributed by atoms with van der Waals surface area (Å²) in [6.07, 6.45) is 5.14. The molecule has 1 fully saturated rings. The van der Waals surface area contributed by atoms with Crippen LogP contribution in [-0.2, 0) is 11.2 Å². The molecule has 0 heterocycles. The predicted molar refractivity (Wildman–Crippen MR) is 77.4 cm³/mol. The van der Waals surface area contributed by atoms with Crippen molar-refractivity contribution in [2.24, 2.45) is 5.41 Å². The van der Waals surface area contributed by atoms with Crippen LogP contribution in [-0.4, -0.2) is 29.3 Å². The Bertz CT molecular complexity index is 453. The molecule has 4 nitrogen and oxygen atoms in total. The van der Waals surface area contributed by atoms with Crippen molar-refractivity contribution in [3.05, 3.63) is 29.8 Å². The third kappa shape index (κ3) is 3.73. The molecule has 1 aromatic rings. The molecule has 20 heavy (non-hydrogen) atoms. The summed E-state index contributed by atoms with van der Waals surface area (Å²) in [5.74, 6) is 0.218. The second kappa shape index (κ2) is 6.75. The normalized spacial score (nSPS) is 17.1. The number of rotatable bonds is 6. The lowest BCUT2D eigenvalue weighted by molar-refractivity contribution is -0.121. The monoisotopic (exact) mass is 277 g/mol. The molecular weight excluding hydrogens is 254 g/mol. The lowest BCUT2D eigenvalue weighted by Crippen LogP contribution is -2.38. The largest absolute Gasteiger partial charge is 0.508 e. The van der Waals surface area contributed by atoms with Gasteiger partial charge in [-0.2, -0.15) is 0 Å². The maximum absolute atomic E-state index is 11.9. The zero-order valence-electron chi connectivity index (χ0n) is 11.8. The minimum atomic E-state index is -0.107. The van der Waals surface area contributed by atoms with Crippen LogP contribution < -0.4 is 5.32 Å². The van der Waals surface area contributed by atoms with Crippen molar-refractivity contribution in [2.75, 3.05) is 13.2 Å². The van der Waals surface area contributed by atoms with Crippen LogP contribution in [0.3, 0.4) is 0 Å². The molecule has 3 N–H and O–H groups in total. The van der Waals surface area contributed by atoms with Gasteiger partial charge >= 0.3 is 0 Å². The number of hydrogen-bond donors (Lipinski definition) is 3. The van der Waals surface area contributed by atoms with Crippen molar-refractivity contribution < 1.29 is 15.0 Å². The Morgan fingerprint density at radius 3 is 2.60 bits per heavy atom. The summed E-state index contributed by atoms with van der Waals surface area (Å²) < 4.78 is 0. The van der Waals surface area contributed by atoms with Crippen molar-refractivity contribution in [1.29, 1.82) is 0 Å². The van der Waals surface area contributed by atoms with Gasteiger partial charge in [-0.25, -0.2) is 0 Å². The first-order valence-electron chi connectivity index (χ1n) is 7.30. The van der Waals surface area contributed by atoms with Crippen LogP contribution in [0.4, 0.5) is 0 Å². The van der Waals surface area contributed by atoms with Crippen LogP contribution in [0.15, 0.2) is 24.3 Å². The average Bonchev–Trinajstić information content (AvgIpc) is 2.94. The average molecular weight is 277 g/mol. The standard InChI is InChI=1S/C16H23NO3/c18-12-16(9-3-4-10-16)11-17-15(20)8-7-13-5-1-2-6-14(13)19/h1-2,5-6,18-19H,3-4,7-12H2,(H,17,20). The second-order valence-corrected chi connectivity index (χ2v) is 5.77. The molecule has 0 aliphatic heterocycles. The number of nitrogens with one attached hydrogen (secondary N) is 1. The number of phenolic OH excluding ortho intramolecular Hbond substituents is 1. The number of aliphatic hydroxyl groups is 1. The molecule has 4 heteroatoms. The number of para-hydroxylation sites is 1. The Balaban J connectivity index is 1.77. The summed E-state index contributed by atoms with van der Waals surface area (Å²) in [4.78, 5) is 11.9. The fraction of sp³-hybridized carbons (Fsp3) is 0.562. The molecule has 0 spiro atoms. The second-order valence-electron chi connectivity index (χ2n) is 5.77. The molecule has 0 unspecified atom stereocenters. The highest BCUT2D eigenvalue weighted by atomic mass is 16.3. The van der Waals surface area contributed by atoms with E-state index >= 15 is 0 Å². The van der Waals surface area contributed by atoms with Gasteiger partial charge in [0, 0.05) is 18.4 Å². The zero-order valence-corrected chi connectivity index (χ0v) is 11.8. The van der Waals surface area contributed by atoms with Gasteiger partial charge in [0.15, 0.2) is 0 Å². The van der Waals surface area contributed by atoms with Gasteiger partial charge in [0.05, 0.1) is 6.61 Å². The van der Waals surface area contributed by atoms with Crippen molar-refractivity contribution in [2.45, 2.75) is 38.5 Å². The first kappa shape index (κ1) is 14.9. The molecule has 0 bridgehead atoms. The highest BCUT2D eigenvalue weighted by Crippen LogP contribution is 2.36. The van der Waals surface area contributed by atoms with E-state index in [-0.39, 0.29) is 23.7 Å². The van der Waals surface area contributed by atoms with E-state index in [1.165, 1.54) is 0 Å². The Kier molecular flexibility index (Phi) is 5.01. The van der Waals surface area contributed by atoms with Crippen LogP contribution in [0.25, 0.3) is 0 Å². The molecule has 2 rings (SSSR count). The maximum atomic E-state index is 11.9. The van der Waals surface area contributed by atoms with E-state index in [2.05, 4.69) is 5.32 Å². The molecule has 1 amide bonds. The zero-order chi connectivity index (χ0) is 14.4. The number of phenols is 1. The third-order valence-corrected chi connectivity index (χ3v) is 4.27. The fourth-order valence-electron chi connectivity index (χ4n) is 2.86. The van der Waals surface area contributed by atoms with Crippen molar-refractivity contribution >= 4 is 5.91 Å². The van der Waals surface area contributed by atoms with E-state index in [9.17, 15) is 15.0 Å². The van der Waals surface area contributed by atoms with Gasteiger partial charge < -0.3 is 15.5 Å². The molecule has 110 valence electrons. The Labute approximate surface area is 119 Å². The summed E-state index contributed by atoms with van der Waals surface area (Å²) in [6, 6.07) is 7.08. The van der Waals surface area contributed by atoms with Gasteiger partial charge in [0.2, 0.25) is 5.91 Å². The van der Waals surface area contributed by atoms with E-state index in [0.29, 0.717) is 19.4 Å². The molecule has 1 aliphatic carbocycles. The quantitative estimate of drug-likeness (QED) is 0.745. The number of amides is 1. The minimum absolute atomic E-state index is 0.0204. The van der Waals surface area contributed by atoms with Crippen molar-refractivity contribution in [3.63, 3.8) is 0 Å². The topological polar surface area (TPSA) is 69.6 Å². The summed E-state index contributed by atoms with van der Waals surface area (Å²) in [7, 11) is 0. The number of aliphatic hydroxyl groups excluding tert-OH is 1. The lowest BCUT2D eigenvalue weighted by atomic mass is 9.87. The van der Waals surface area contributed by atoms with E-state index in [4.69, 9.17) is 0 Å². The number of aryl methyl sites for hydroxylation is 1. The molecular formula is C16H23NO3. The number of carbonyl (C=O) groups excluding carboxylic acids is 1. The summed E-state index contributed by atoms with van der Waals surface area (Å²) >= 11 is 0. The van der Waals surface area contributed by atoms with Crippen LogP contribution in [0.2, 0.25) is 0 Å². The minimum Gasteiger partial charge on any atom is -0.508 e. The number of benzene rings is 1. The first-order valence-corrected chi connectivity index (χ1v) is 7.30. The molecule has 0 saturated heterocycles. The van der Waals surface area contributed by atoms with Crippen molar-refractivity contribution in [3.8, 4) is 5.75 Å². The smallest absolute Gasteiger partial charge is 0.220 e. The van der Waals surface area contributed by atoms with Crippen LogP contribution in [0, 0.1) is 5.41 Å². The van der Waals surface area contributed by atoms with Crippen LogP contribution in [0.5, 0.6) is 5.75 Å². The number of hydrogen-bond acceptors (Lipinski definition) is 3. The van der Waals surface area contributed by atoms with Gasteiger partial charge in [-0.3, -0.25) is 4.79 Å². The fourth-order valence-corrected chi connectivity index (χ4v) is 2.86. The maximum Gasteiger partial charge on any atom is 0.220 e. The van der Waals surface area contributed by atoms with E-state index in [1.807, 2.05) is 12.1 Å². The molecule has 1 aliphatic rings. The predicted octanol–water partition coefficient (Wildman–Crippen LogP) is 1.99. The summed E-state index contributed by atoms with van der Waals surface area (Å²) in [5, 5.41) is 22.1. The molecule has 0 radical (unpaired) electrons. The molecule has 1 saturated carbocycles. The van der Waals surface area contributed by atoms with Gasteiger partial charge in [-0.15, -0.1) is 0 Å². The highest BCUT2D eigenvalue weighted by molar-refractivity contribution is 5.76. The van der Waals surface area contributed by atoms with Crippen LogP contribution >= 0.6 is 0 Å². The number of aromatic hydroxyl groups is 1. The van der Waals surface area contributed by atoms with E-state index < -0.39 is 0 Å². The Morgan fingerprint density at radius 2 is 1.95 bits per heavy atom. The Morgan fingerprint density at radius 1 is 1.25 bits per heavy atom. The SMILES string of the molecule is O=C(CCc1ccccc1O)NCC1(CO)CCCC1. The lowest BCUT2D eigenvalue weighted by Gasteiger charge is -2.26. The highest BCUT2D eigenvalue weighted by Gasteiger charge is 2.33. The molecule has 0 aromatic heterocycles. The van der Waals surface area contributed by atoms with E-state index in [1.54, 1.807) is 12.1 Å².